The van der Waals surface area contributed by atoms with Crippen LogP contribution in [-0.4, -0.2) is 40.3 Å². The molecule has 2 saturated heterocycles. The predicted molar refractivity (Wildman–Crippen MR) is 78.4 cm³/mol. The molecule has 2 aliphatic heterocycles. The first-order chi connectivity index (χ1) is 9.15. The molecule has 5 nitrogen and oxygen atoms in total. The molecule has 0 spiro atoms. The summed E-state index contributed by atoms with van der Waals surface area (Å²) in [7, 11) is 2.25. The van der Waals surface area contributed by atoms with Crippen molar-refractivity contribution in [2.75, 3.05) is 12.4 Å². The SMILES string of the molecule is CN1C2CCCC1CC(Nc1cn[nH]c(=O)c1Br)C2. The number of piperidine rings is 2. The van der Waals surface area contributed by atoms with Gasteiger partial charge in [0.05, 0.1) is 11.9 Å². The molecule has 0 aliphatic carbocycles. The monoisotopic (exact) mass is 326 g/mol. The Bertz CT molecular complexity index is 504. The number of hydrogen-bond donors (Lipinski definition) is 2. The van der Waals surface area contributed by atoms with E-state index >= 15 is 0 Å². The fourth-order valence-corrected chi connectivity index (χ4v) is 3.74. The molecule has 2 fully saturated rings. The first-order valence-corrected chi connectivity index (χ1v) is 7.66. The van der Waals surface area contributed by atoms with Crippen molar-refractivity contribution in [1.29, 1.82) is 0 Å². The van der Waals surface area contributed by atoms with Crippen LogP contribution in [0.25, 0.3) is 0 Å². The lowest BCUT2D eigenvalue weighted by Crippen LogP contribution is -2.52. The van der Waals surface area contributed by atoms with E-state index in [2.05, 4.69) is 43.4 Å². The van der Waals surface area contributed by atoms with Gasteiger partial charge in [-0.05, 0) is 48.7 Å². The number of nitrogens with one attached hydrogen (secondary N) is 2. The Hall–Kier alpha value is -0.880. The number of aromatic nitrogens is 2. The van der Waals surface area contributed by atoms with Crippen molar-refractivity contribution in [1.82, 2.24) is 15.1 Å². The van der Waals surface area contributed by atoms with Crippen LogP contribution in [-0.2, 0) is 0 Å². The second-order valence-corrected chi connectivity index (χ2v) is 6.44. The highest BCUT2D eigenvalue weighted by Gasteiger charge is 2.36. The lowest BCUT2D eigenvalue weighted by atomic mass is 9.82. The third-order valence-corrected chi connectivity index (χ3v) is 5.28. The number of halogens is 1. The van der Waals surface area contributed by atoms with Gasteiger partial charge < -0.3 is 10.2 Å². The van der Waals surface area contributed by atoms with E-state index in [0.717, 1.165) is 18.5 Å². The molecule has 2 bridgehead atoms. The Morgan fingerprint density at radius 3 is 2.79 bits per heavy atom. The number of anilines is 1. The largest absolute Gasteiger partial charge is 0.380 e. The van der Waals surface area contributed by atoms with Gasteiger partial charge in [0.1, 0.15) is 4.47 Å². The van der Waals surface area contributed by atoms with Crippen LogP contribution >= 0.6 is 15.9 Å². The van der Waals surface area contributed by atoms with E-state index in [-0.39, 0.29) is 5.56 Å². The topological polar surface area (TPSA) is 61.0 Å². The summed E-state index contributed by atoms with van der Waals surface area (Å²) in [6, 6.07) is 1.80. The molecule has 3 rings (SSSR count). The molecular formula is C13H19BrN4O. The zero-order valence-corrected chi connectivity index (χ0v) is 12.6. The van der Waals surface area contributed by atoms with Crippen molar-refractivity contribution in [2.24, 2.45) is 0 Å². The Morgan fingerprint density at radius 2 is 2.11 bits per heavy atom. The van der Waals surface area contributed by atoms with Crippen molar-refractivity contribution in [3.63, 3.8) is 0 Å². The minimum absolute atomic E-state index is 0.182. The summed E-state index contributed by atoms with van der Waals surface area (Å²) >= 11 is 3.32. The average Bonchev–Trinajstić information content (AvgIpc) is 2.36. The lowest BCUT2D eigenvalue weighted by molar-refractivity contribution is 0.0608. The lowest BCUT2D eigenvalue weighted by Gasteiger charge is -2.47. The summed E-state index contributed by atoms with van der Waals surface area (Å²) in [4.78, 5) is 14.1. The Labute approximate surface area is 120 Å². The standard InChI is InChI=1S/C13H19BrN4O/c1-18-9-3-2-4-10(18)6-8(5-9)16-11-7-15-17-13(19)12(11)14/h7-10H,2-6H2,1H3,(H2,16,17,19). The van der Waals surface area contributed by atoms with Crippen LogP contribution in [0.1, 0.15) is 32.1 Å². The summed E-state index contributed by atoms with van der Waals surface area (Å²) in [5, 5.41) is 9.76. The molecule has 2 N–H and O–H groups in total. The van der Waals surface area contributed by atoms with Gasteiger partial charge >= 0.3 is 0 Å². The molecule has 2 atom stereocenters. The van der Waals surface area contributed by atoms with E-state index in [0.29, 0.717) is 22.6 Å². The van der Waals surface area contributed by atoms with Gasteiger partial charge in [0.15, 0.2) is 0 Å². The highest BCUT2D eigenvalue weighted by molar-refractivity contribution is 9.10. The van der Waals surface area contributed by atoms with Gasteiger partial charge in [-0.3, -0.25) is 4.79 Å². The van der Waals surface area contributed by atoms with Crippen LogP contribution in [0.5, 0.6) is 0 Å². The number of fused-ring (bicyclic) bond motifs is 2. The fraction of sp³-hybridized carbons (Fsp3) is 0.692. The van der Waals surface area contributed by atoms with Crippen LogP contribution in [0.2, 0.25) is 0 Å². The van der Waals surface area contributed by atoms with E-state index in [9.17, 15) is 4.79 Å². The number of aromatic amines is 1. The van der Waals surface area contributed by atoms with E-state index in [1.165, 1.54) is 19.3 Å². The molecule has 0 radical (unpaired) electrons. The zero-order valence-electron chi connectivity index (χ0n) is 11.0. The average molecular weight is 327 g/mol. The highest BCUT2D eigenvalue weighted by atomic mass is 79.9. The van der Waals surface area contributed by atoms with Crippen LogP contribution in [0.3, 0.4) is 0 Å². The minimum Gasteiger partial charge on any atom is -0.380 e. The van der Waals surface area contributed by atoms with Crippen LogP contribution < -0.4 is 10.9 Å². The second-order valence-electron chi connectivity index (χ2n) is 5.64. The molecule has 1 aromatic rings. The minimum atomic E-state index is -0.182. The quantitative estimate of drug-likeness (QED) is 0.872. The Morgan fingerprint density at radius 1 is 1.42 bits per heavy atom. The Kier molecular flexibility index (Phi) is 3.62. The maximum atomic E-state index is 11.5. The van der Waals surface area contributed by atoms with Crippen LogP contribution in [0, 0.1) is 0 Å². The van der Waals surface area contributed by atoms with Crippen LogP contribution in [0.15, 0.2) is 15.5 Å². The molecule has 19 heavy (non-hydrogen) atoms. The van der Waals surface area contributed by atoms with Gasteiger partial charge in [-0.2, -0.15) is 5.10 Å². The third-order valence-electron chi connectivity index (χ3n) is 4.50. The molecule has 0 amide bonds. The molecule has 0 aromatic carbocycles. The highest BCUT2D eigenvalue weighted by Crippen LogP contribution is 2.34. The van der Waals surface area contributed by atoms with E-state index in [4.69, 9.17) is 0 Å². The number of H-pyrrole nitrogens is 1. The summed E-state index contributed by atoms with van der Waals surface area (Å²) < 4.78 is 0.548. The first-order valence-electron chi connectivity index (χ1n) is 6.87. The van der Waals surface area contributed by atoms with E-state index in [1.54, 1.807) is 6.20 Å². The summed E-state index contributed by atoms with van der Waals surface area (Å²) in [5.41, 5.74) is 0.620. The molecule has 1 aromatic heterocycles. The van der Waals surface area contributed by atoms with Gasteiger partial charge in [-0.1, -0.05) is 6.42 Å². The number of hydrogen-bond acceptors (Lipinski definition) is 4. The summed E-state index contributed by atoms with van der Waals surface area (Å²) in [6.45, 7) is 0. The molecule has 6 heteroatoms. The molecule has 104 valence electrons. The first kappa shape index (κ1) is 13.1. The Balaban J connectivity index is 1.74. The van der Waals surface area contributed by atoms with Crippen molar-refractivity contribution < 1.29 is 0 Å². The van der Waals surface area contributed by atoms with Crippen molar-refractivity contribution >= 4 is 21.6 Å². The summed E-state index contributed by atoms with van der Waals surface area (Å²) in [6.07, 6.45) is 7.90. The normalized spacial score (nSPS) is 31.2. The second kappa shape index (κ2) is 5.25. The van der Waals surface area contributed by atoms with E-state index < -0.39 is 0 Å². The molecule has 2 aliphatic rings. The van der Waals surface area contributed by atoms with Crippen molar-refractivity contribution in [3.8, 4) is 0 Å². The van der Waals surface area contributed by atoms with Gasteiger partial charge in [0, 0.05) is 18.1 Å². The van der Waals surface area contributed by atoms with Crippen LogP contribution in [0.4, 0.5) is 5.69 Å². The third kappa shape index (κ3) is 2.56. The predicted octanol–water partition coefficient (Wildman–Crippen LogP) is 1.96. The fourth-order valence-electron chi connectivity index (χ4n) is 3.44. The van der Waals surface area contributed by atoms with Gasteiger partial charge in [0.25, 0.3) is 5.56 Å². The number of nitrogens with zero attached hydrogens (tertiary/aromatic N) is 2. The maximum Gasteiger partial charge on any atom is 0.280 e. The summed E-state index contributed by atoms with van der Waals surface area (Å²) in [5.74, 6) is 0. The number of rotatable bonds is 2. The van der Waals surface area contributed by atoms with E-state index in [1.807, 2.05) is 0 Å². The van der Waals surface area contributed by atoms with Gasteiger partial charge in [-0.15, -0.1) is 0 Å². The van der Waals surface area contributed by atoms with Crippen molar-refractivity contribution in [3.05, 3.63) is 21.0 Å². The van der Waals surface area contributed by atoms with Crippen molar-refractivity contribution in [2.45, 2.75) is 50.2 Å². The smallest absolute Gasteiger partial charge is 0.280 e. The van der Waals surface area contributed by atoms with Gasteiger partial charge in [-0.25, -0.2) is 5.10 Å². The molecule has 0 saturated carbocycles. The van der Waals surface area contributed by atoms with Gasteiger partial charge in [0.2, 0.25) is 0 Å². The molecule has 3 heterocycles. The zero-order chi connectivity index (χ0) is 13.4. The molecular weight excluding hydrogens is 308 g/mol. The molecule has 2 unspecified atom stereocenters. The maximum absolute atomic E-state index is 11.5.